The van der Waals surface area contributed by atoms with E-state index in [1.165, 1.54) is 6.92 Å². The molecule has 0 N–H and O–H groups in total. The topological polar surface area (TPSA) is 40.6 Å². The van der Waals surface area contributed by atoms with Gasteiger partial charge in [0.05, 0.1) is 0 Å². The second-order valence-electron chi connectivity index (χ2n) is 6.37. The molecule has 2 rings (SSSR count). The molecule has 0 spiro atoms. The van der Waals surface area contributed by atoms with Crippen molar-refractivity contribution in [3.05, 3.63) is 28.8 Å². The van der Waals surface area contributed by atoms with E-state index in [9.17, 15) is 9.59 Å². The molecule has 4 nitrogen and oxygen atoms in total. The number of hydrogen-bond donors (Lipinski definition) is 0. The molecule has 0 bridgehead atoms. The van der Waals surface area contributed by atoms with Crippen molar-refractivity contribution in [1.29, 1.82) is 0 Å². The summed E-state index contributed by atoms with van der Waals surface area (Å²) < 4.78 is 0. The fourth-order valence-electron chi connectivity index (χ4n) is 2.96. The Balaban J connectivity index is 2.02. The van der Waals surface area contributed by atoms with Gasteiger partial charge in [0, 0.05) is 43.7 Å². The van der Waals surface area contributed by atoms with E-state index < -0.39 is 0 Å². The Morgan fingerprint density at radius 1 is 1.30 bits per heavy atom. The minimum absolute atomic E-state index is 0.0737. The summed E-state index contributed by atoms with van der Waals surface area (Å²) in [6.45, 7) is 7.68. The first-order chi connectivity index (χ1) is 10.9. The van der Waals surface area contributed by atoms with Crippen LogP contribution in [0.4, 0.5) is 5.69 Å². The van der Waals surface area contributed by atoms with E-state index in [-0.39, 0.29) is 11.8 Å². The Morgan fingerprint density at radius 3 is 2.57 bits per heavy atom. The maximum absolute atomic E-state index is 12.4. The standard InChI is InChI=1S/C18H25ClN2O2/c1-13-7-10-20(11-8-13)18(23)9-12-21(15(3)22)17-6-4-5-16(19)14(17)2/h4-6,13H,7-12H2,1-3H3. The van der Waals surface area contributed by atoms with Crippen molar-refractivity contribution < 1.29 is 9.59 Å². The second kappa shape index (κ2) is 7.82. The second-order valence-corrected chi connectivity index (χ2v) is 6.78. The third kappa shape index (κ3) is 4.47. The Bertz CT molecular complexity index is 580. The summed E-state index contributed by atoms with van der Waals surface area (Å²) in [5.41, 5.74) is 1.65. The Labute approximate surface area is 143 Å². The molecule has 1 fully saturated rings. The number of halogens is 1. The lowest BCUT2D eigenvalue weighted by Crippen LogP contribution is -2.40. The van der Waals surface area contributed by atoms with E-state index >= 15 is 0 Å². The smallest absolute Gasteiger partial charge is 0.224 e. The van der Waals surface area contributed by atoms with Gasteiger partial charge < -0.3 is 9.80 Å². The number of rotatable bonds is 4. The van der Waals surface area contributed by atoms with Crippen molar-refractivity contribution in [3.63, 3.8) is 0 Å². The van der Waals surface area contributed by atoms with E-state index in [0.717, 1.165) is 37.2 Å². The molecule has 1 saturated heterocycles. The van der Waals surface area contributed by atoms with Crippen LogP contribution in [0.1, 0.15) is 38.7 Å². The molecule has 1 aliphatic rings. The number of likely N-dealkylation sites (tertiary alicyclic amines) is 1. The molecule has 1 aliphatic heterocycles. The highest BCUT2D eigenvalue weighted by Gasteiger charge is 2.22. The Morgan fingerprint density at radius 2 is 1.96 bits per heavy atom. The van der Waals surface area contributed by atoms with Gasteiger partial charge in [0.1, 0.15) is 0 Å². The molecule has 0 aliphatic carbocycles. The van der Waals surface area contributed by atoms with Crippen LogP contribution in [-0.2, 0) is 9.59 Å². The fourth-order valence-corrected chi connectivity index (χ4v) is 3.13. The third-order valence-corrected chi connectivity index (χ3v) is 5.01. The lowest BCUT2D eigenvalue weighted by Gasteiger charge is -2.31. The third-order valence-electron chi connectivity index (χ3n) is 4.60. The largest absolute Gasteiger partial charge is 0.343 e. The fraction of sp³-hybridized carbons (Fsp3) is 0.556. The van der Waals surface area contributed by atoms with Crippen LogP contribution in [0.3, 0.4) is 0 Å². The van der Waals surface area contributed by atoms with Gasteiger partial charge in [-0.1, -0.05) is 24.6 Å². The molecular weight excluding hydrogens is 312 g/mol. The number of carbonyl (C=O) groups is 2. The van der Waals surface area contributed by atoms with Crippen molar-refractivity contribution in [3.8, 4) is 0 Å². The molecule has 126 valence electrons. The minimum Gasteiger partial charge on any atom is -0.343 e. The summed E-state index contributed by atoms with van der Waals surface area (Å²) >= 11 is 6.15. The molecule has 0 radical (unpaired) electrons. The summed E-state index contributed by atoms with van der Waals surface area (Å²) in [5, 5.41) is 0.630. The molecule has 23 heavy (non-hydrogen) atoms. The van der Waals surface area contributed by atoms with E-state index in [0.29, 0.717) is 23.9 Å². The zero-order valence-corrected chi connectivity index (χ0v) is 14.9. The highest BCUT2D eigenvalue weighted by molar-refractivity contribution is 6.31. The SMILES string of the molecule is CC(=O)N(CCC(=O)N1CCC(C)CC1)c1cccc(Cl)c1C. The highest BCUT2D eigenvalue weighted by Crippen LogP contribution is 2.27. The summed E-state index contributed by atoms with van der Waals surface area (Å²) in [6.07, 6.45) is 2.48. The number of anilines is 1. The van der Waals surface area contributed by atoms with E-state index in [2.05, 4.69) is 6.92 Å². The van der Waals surface area contributed by atoms with Crippen LogP contribution < -0.4 is 4.90 Å². The van der Waals surface area contributed by atoms with Crippen LogP contribution in [0.25, 0.3) is 0 Å². The monoisotopic (exact) mass is 336 g/mol. The van der Waals surface area contributed by atoms with Gasteiger partial charge in [0.2, 0.25) is 11.8 Å². The molecule has 0 unspecified atom stereocenters. The number of nitrogens with zero attached hydrogens (tertiary/aromatic N) is 2. The van der Waals surface area contributed by atoms with Crippen LogP contribution in [0.2, 0.25) is 5.02 Å². The predicted molar refractivity (Wildman–Crippen MR) is 93.8 cm³/mol. The maximum Gasteiger partial charge on any atom is 0.224 e. The average molecular weight is 337 g/mol. The summed E-state index contributed by atoms with van der Waals surface area (Å²) in [7, 11) is 0. The van der Waals surface area contributed by atoms with Crippen LogP contribution in [0.5, 0.6) is 0 Å². The first-order valence-electron chi connectivity index (χ1n) is 8.21. The van der Waals surface area contributed by atoms with Crippen molar-refractivity contribution in [2.45, 2.75) is 40.0 Å². The van der Waals surface area contributed by atoms with Gasteiger partial charge in [0.15, 0.2) is 0 Å². The van der Waals surface area contributed by atoms with Crippen LogP contribution in [0.15, 0.2) is 18.2 Å². The molecule has 0 atom stereocenters. The Kier molecular flexibility index (Phi) is 6.05. The molecule has 1 aromatic rings. The van der Waals surface area contributed by atoms with Crippen LogP contribution in [-0.4, -0.2) is 36.3 Å². The molecule has 0 saturated carbocycles. The van der Waals surface area contributed by atoms with Gasteiger partial charge in [-0.3, -0.25) is 9.59 Å². The zero-order valence-electron chi connectivity index (χ0n) is 14.1. The zero-order chi connectivity index (χ0) is 17.0. The van der Waals surface area contributed by atoms with Crippen molar-refractivity contribution >= 4 is 29.1 Å². The van der Waals surface area contributed by atoms with Crippen molar-refractivity contribution in [1.82, 2.24) is 4.90 Å². The molecule has 5 heteroatoms. The number of amides is 2. The van der Waals surface area contributed by atoms with E-state index in [1.807, 2.05) is 24.0 Å². The van der Waals surface area contributed by atoms with Crippen LogP contribution in [0, 0.1) is 12.8 Å². The average Bonchev–Trinajstić information content (AvgIpc) is 2.51. The lowest BCUT2D eigenvalue weighted by molar-refractivity contribution is -0.132. The highest BCUT2D eigenvalue weighted by atomic mass is 35.5. The van der Waals surface area contributed by atoms with Gasteiger partial charge in [0.25, 0.3) is 0 Å². The van der Waals surface area contributed by atoms with Crippen molar-refractivity contribution in [2.75, 3.05) is 24.5 Å². The normalized spacial score (nSPS) is 15.6. The summed E-state index contributed by atoms with van der Waals surface area (Å²) in [5.74, 6) is 0.750. The van der Waals surface area contributed by atoms with Gasteiger partial charge in [-0.05, 0) is 43.4 Å². The van der Waals surface area contributed by atoms with E-state index in [1.54, 1.807) is 11.0 Å². The molecule has 1 heterocycles. The van der Waals surface area contributed by atoms with E-state index in [4.69, 9.17) is 11.6 Å². The molecule has 1 aromatic carbocycles. The minimum atomic E-state index is -0.0737. The molecular formula is C18H25ClN2O2. The van der Waals surface area contributed by atoms with Gasteiger partial charge in [-0.25, -0.2) is 0 Å². The Hall–Kier alpha value is -1.55. The maximum atomic E-state index is 12.4. The number of piperidine rings is 1. The summed E-state index contributed by atoms with van der Waals surface area (Å²) in [6, 6.07) is 5.50. The van der Waals surface area contributed by atoms with Crippen LogP contribution >= 0.6 is 11.6 Å². The number of carbonyl (C=O) groups excluding carboxylic acids is 2. The lowest BCUT2D eigenvalue weighted by atomic mass is 9.99. The molecule has 2 amide bonds. The number of hydrogen-bond acceptors (Lipinski definition) is 2. The first-order valence-corrected chi connectivity index (χ1v) is 8.59. The van der Waals surface area contributed by atoms with Crippen molar-refractivity contribution in [2.24, 2.45) is 5.92 Å². The first kappa shape index (κ1) is 17.8. The number of benzene rings is 1. The van der Waals surface area contributed by atoms with Gasteiger partial charge >= 0.3 is 0 Å². The predicted octanol–water partition coefficient (Wildman–Crippen LogP) is 3.65. The molecule has 0 aromatic heterocycles. The van der Waals surface area contributed by atoms with Gasteiger partial charge in [-0.15, -0.1) is 0 Å². The summed E-state index contributed by atoms with van der Waals surface area (Å²) in [4.78, 5) is 27.9. The van der Waals surface area contributed by atoms with Gasteiger partial charge in [-0.2, -0.15) is 0 Å². The quantitative estimate of drug-likeness (QED) is 0.842.